The van der Waals surface area contributed by atoms with Gasteiger partial charge in [-0.25, -0.2) is 8.42 Å². The van der Waals surface area contributed by atoms with Gasteiger partial charge >= 0.3 is 0 Å². The van der Waals surface area contributed by atoms with E-state index in [-0.39, 0.29) is 11.4 Å². The van der Waals surface area contributed by atoms with E-state index < -0.39 is 28.5 Å². The fourth-order valence-corrected chi connectivity index (χ4v) is 3.93. The number of rotatable bonds is 9. The van der Waals surface area contributed by atoms with Crippen LogP contribution < -0.4 is 23.8 Å². The minimum atomic E-state index is -3.80. The molecule has 1 amide bonds. The van der Waals surface area contributed by atoms with E-state index in [0.717, 1.165) is 10.6 Å². The molecule has 8 nitrogen and oxygen atoms in total. The Hall–Kier alpha value is -2.65. The summed E-state index contributed by atoms with van der Waals surface area (Å²) < 4.78 is 41.6. The maximum atomic E-state index is 12.7. The summed E-state index contributed by atoms with van der Waals surface area (Å²) >= 11 is 6.03. The number of halogens is 1. The fraction of sp³-hybridized carbons (Fsp3) is 0.350. The summed E-state index contributed by atoms with van der Waals surface area (Å²) in [6, 6.07) is 9.30. The number of nitrogens with one attached hydrogen (secondary N) is 1. The van der Waals surface area contributed by atoms with Crippen LogP contribution in [0.1, 0.15) is 18.5 Å². The molecular weight excluding hydrogens is 432 g/mol. The van der Waals surface area contributed by atoms with Crippen LogP contribution in [0, 0.1) is 0 Å². The van der Waals surface area contributed by atoms with Crippen molar-refractivity contribution in [2.24, 2.45) is 0 Å². The number of methoxy groups -OCH3 is 3. The van der Waals surface area contributed by atoms with Gasteiger partial charge in [0, 0.05) is 10.6 Å². The number of hydrogen-bond acceptors (Lipinski definition) is 6. The summed E-state index contributed by atoms with van der Waals surface area (Å²) in [5.74, 6) is 0.938. The van der Waals surface area contributed by atoms with E-state index >= 15 is 0 Å². The number of sulfonamides is 1. The third kappa shape index (κ3) is 5.70. The molecule has 0 aliphatic heterocycles. The highest BCUT2D eigenvalue weighted by Gasteiger charge is 2.25. The van der Waals surface area contributed by atoms with Crippen LogP contribution in [-0.2, 0) is 14.8 Å². The lowest BCUT2D eigenvalue weighted by molar-refractivity contribution is -0.120. The number of carbonyl (C=O) groups is 1. The van der Waals surface area contributed by atoms with Crippen LogP contribution in [0.5, 0.6) is 17.2 Å². The number of hydrogen-bond donors (Lipinski definition) is 1. The zero-order chi connectivity index (χ0) is 22.5. The number of benzene rings is 2. The molecule has 1 atom stereocenters. The van der Waals surface area contributed by atoms with Crippen molar-refractivity contribution in [3.05, 3.63) is 47.0 Å². The van der Waals surface area contributed by atoms with Gasteiger partial charge in [0.1, 0.15) is 23.8 Å². The van der Waals surface area contributed by atoms with Crippen LogP contribution in [0.4, 0.5) is 5.69 Å². The molecule has 0 aromatic heterocycles. The fourth-order valence-electron chi connectivity index (χ4n) is 2.91. The Bertz CT molecular complexity index is 1010. The maximum Gasteiger partial charge on any atom is 0.241 e. The number of ether oxygens (including phenoxy) is 3. The van der Waals surface area contributed by atoms with Gasteiger partial charge in [0.15, 0.2) is 0 Å². The Morgan fingerprint density at radius 2 is 1.70 bits per heavy atom. The van der Waals surface area contributed by atoms with Crippen LogP contribution in [0.3, 0.4) is 0 Å². The Morgan fingerprint density at radius 3 is 2.27 bits per heavy atom. The molecule has 0 spiro atoms. The molecule has 0 saturated heterocycles. The van der Waals surface area contributed by atoms with Crippen LogP contribution in [0.25, 0.3) is 0 Å². The van der Waals surface area contributed by atoms with Gasteiger partial charge in [-0.1, -0.05) is 11.6 Å². The van der Waals surface area contributed by atoms with E-state index in [1.54, 1.807) is 31.2 Å². The van der Waals surface area contributed by atoms with Gasteiger partial charge in [-0.05, 0) is 43.3 Å². The van der Waals surface area contributed by atoms with Crippen molar-refractivity contribution in [3.8, 4) is 17.2 Å². The van der Waals surface area contributed by atoms with E-state index in [2.05, 4.69) is 5.32 Å². The summed E-state index contributed by atoms with van der Waals surface area (Å²) in [6.07, 6.45) is 1.01. The van der Waals surface area contributed by atoms with Gasteiger partial charge in [-0.15, -0.1) is 0 Å². The minimum Gasteiger partial charge on any atom is -0.497 e. The SMILES string of the molecule is COc1ccc(OC)c(C(C)NC(=O)CN(c2cc(Cl)ccc2OC)S(C)(=O)=O)c1. The van der Waals surface area contributed by atoms with Crippen molar-refractivity contribution in [1.82, 2.24) is 5.32 Å². The van der Waals surface area contributed by atoms with Crippen LogP contribution in [-0.4, -0.2) is 48.5 Å². The molecule has 0 fully saturated rings. The largest absolute Gasteiger partial charge is 0.497 e. The predicted octanol–water partition coefficient (Wildman–Crippen LogP) is 3.01. The highest BCUT2D eigenvalue weighted by atomic mass is 35.5. The first kappa shape index (κ1) is 23.6. The second-order valence-corrected chi connectivity index (χ2v) is 8.83. The molecular formula is C20H25ClN2O6S. The van der Waals surface area contributed by atoms with Gasteiger partial charge in [-0.3, -0.25) is 9.10 Å². The number of carbonyl (C=O) groups excluding carboxylic acids is 1. The van der Waals surface area contributed by atoms with Crippen LogP contribution >= 0.6 is 11.6 Å². The molecule has 2 aromatic rings. The predicted molar refractivity (Wildman–Crippen MR) is 116 cm³/mol. The first-order valence-corrected chi connectivity index (χ1v) is 11.2. The Balaban J connectivity index is 2.29. The summed E-state index contributed by atoms with van der Waals surface area (Å²) in [5, 5.41) is 3.11. The third-order valence-electron chi connectivity index (χ3n) is 4.38. The molecule has 0 aliphatic carbocycles. The lowest BCUT2D eigenvalue weighted by atomic mass is 10.1. The second kappa shape index (κ2) is 9.90. The van der Waals surface area contributed by atoms with E-state index in [1.165, 1.54) is 33.5 Å². The second-order valence-electron chi connectivity index (χ2n) is 6.48. The maximum absolute atomic E-state index is 12.7. The molecule has 2 rings (SSSR count). The minimum absolute atomic E-state index is 0.175. The first-order valence-electron chi connectivity index (χ1n) is 8.93. The monoisotopic (exact) mass is 456 g/mol. The zero-order valence-electron chi connectivity index (χ0n) is 17.4. The molecule has 0 radical (unpaired) electrons. The average molecular weight is 457 g/mol. The Labute approximate surface area is 181 Å². The van der Waals surface area contributed by atoms with Crippen molar-refractivity contribution in [2.75, 3.05) is 38.4 Å². The molecule has 0 heterocycles. The van der Waals surface area contributed by atoms with Crippen molar-refractivity contribution in [2.45, 2.75) is 13.0 Å². The molecule has 0 bridgehead atoms. The van der Waals surface area contributed by atoms with Gasteiger partial charge in [-0.2, -0.15) is 0 Å². The van der Waals surface area contributed by atoms with Gasteiger partial charge in [0.05, 0.1) is 39.3 Å². The van der Waals surface area contributed by atoms with Crippen LogP contribution in [0.2, 0.25) is 5.02 Å². The normalized spacial score (nSPS) is 12.1. The van der Waals surface area contributed by atoms with E-state index in [9.17, 15) is 13.2 Å². The summed E-state index contributed by atoms with van der Waals surface area (Å²) in [5.41, 5.74) is 0.866. The Morgan fingerprint density at radius 1 is 1.07 bits per heavy atom. The Kier molecular flexibility index (Phi) is 7.80. The molecule has 1 N–H and O–H groups in total. The number of amides is 1. The first-order chi connectivity index (χ1) is 14.1. The lowest BCUT2D eigenvalue weighted by Crippen LogP contribution is -2.41. The lowest BCUT2D eigenvalue weighted by Gasteiger charge is -2.25. The van der Waals surface area contributed by atoms with E-state index in [0.29, 0.717) is 22.1 Å². The molecule has 10 heteroatoms. The average Bonchev–Trinajstić information content (AvgIpc) is 2.70. The summed E-state index contributed by atoms with van der Waals surface area (Å²) in [4.78, 5) is 12.7. The van der Waals surface area contributed by atoms with E-state index in [4.69, 9.17) is 25.8 Å². The molecule has 0 aliphatic rings. The topological polar surface area (TPSA) is 94.2 Å². The molecule has 0 saturated carbocycles. The molecule has 164 valence electrons. The van der Waals surface area contributed by atoms with Crippen molar-refractivity contribution < 1.29 is 27.4 Å². The smallest absolute Gasteiger partial charge is 0.241 e. The molecule has 30 heavy (non-hydrogen) atoms. The number of anilines is 1. The van der Waals surface area contributed by atoms with Crippen molar-refractivity contribution in [3.63, 3.8) is 0 Å². The highest BCUT2D eigenvalue weighted by molar-refractivity contribution is 7.92. The third-order valence-corrected chi connectivity index (χ3v) is 5.74. The molecule has 1 unspecified atom stereocenters. The van der Waals surface area contributed by atoms with E-state index in [1.807, 2.05) is 0 Å². The highest BCUT2D eigenvalue weighted by Crippen LogP contribution is 2.33. The van der Waals surface area contributed by atoms with Gasteiger partial charge in [0.2, 0.25) is 15.9 Å². The molecule has 2 aromatic carbocycles. The summed E-state index contributed by atoms with van der Waals surface area (Å²) in [6.45, 7) is 1.31. The van der Waals surface area contributed by atoms with Crippen LogP contribution in [0.15, 0.2) is 36.4 Å². The zero-order valence-corrected chi connectivity index (χ0v) is 19.0. The van der Waals surface area contributed by atoms with Crippen molar-refractivity contribution in [1.29, 1.82) is 0 Å². The standard InChI is InChI=1S/C20H25ClN2O6S/c1-13(16-11-15(27-2)7-9-18(16)28-3)22-20(24)12-23(30(5,25)26)17-10-14(21)6-8-19(17)29-4/h6-11,13H,12H2,1-5H3,(H,22,24). The number of nitrogens with zero attached hydrogens (tertiary/aromatic N) is 1. The summed E-state index contributed by atoms with van der Waals surface area (Å²) in [7, 11) is 0.673. The van der Waals surface area contributed by atoms with Gasteiger partial charge < -0.3 is 19.5 Å². The quantitative estimate of drug-likeness (QED) is 0.623. The van der Waals surface area contributed by atoms with Crippen molar-refractivity contribution >= 4 is 33.2 Å². The van der Waals surface area contributed by atoms with Gasteiger partial charge in [0.25, 0.3) is 0 Å².